The second-order valence-corrected chi connectivity index (χ2v) is 3.91. The van der Waals surface area contributed by atoms with Gasteiger partial charge in [0.2, 0.25) is 0 Å². The number of rotatable bonds is 6. The maximum Gasteiger partial charge on any atom is 2.00 e. The summed E-state index contributed by atoms with van der Waals surface area (Å²) in [6, 6.07) is 0. The quantitative estimate of drug-likeness (QED) is 0.662. The minimum atomic E-state index is -0.347. The molecule has 0 aliphatic rings. The van der Waals surface area contributed by atoms with E-state index in [0.29, 0.717) is 0 Å². The van der Waals surface area contributed by atoms with Gasteiger partial charge in [0.15, 0.2) is 0 Å². The van der Waals surface area contributed by atoms with Crippen LogP contribution in [0.2, 0.25) is 0 Å². The van der Waals surface area contributed by atoms with Crippen molar-refractivity contribution in [2.45, 2.75) is 78.4 Å². The topological polar surface area (TPSA) is 46.1 Å². The number of hydrogen-bond acceptors (Lipinski definition) is 2. The summed E-state index contributed by atoms with van der Waals surface area (Å²) >= 11 is 0. The predicted molar refractivity (Wildman–Crippen MR) is 63.7 cm³/mol. The van der Waals surface area contributed by atoms with Gasteiger partial charge >= 0.3 is 37.7 Å². The Hall–Kier alpha value is 1.18. The molecule has 0 rings (SSSR count). The first-order chi connectivity index (χ1) is 6.54. The van der Waals surface area contributed by atoms with E-state index in [0.717, 1.165) is 38.5 Å². The van der Waals surface area contributed by atoms with Crippen LogP contribution in [-0.4, -0.2) is 49.9 Å². The minimum absolute atomic E-state index is 0. The van der Waals surface area contributed by atoms with Crippen LogP contribution in [-0.2, 0) is 0 Å². The zero-order chi connectivity index (χ0) is 11.4. The SMILES string of the molecule is CCCCC(C)[O-].CCCCC(C)[O-].[Ca+2]. The van der Waals surface area contributed by atoms with Crippen molar-refractivity contribution in [1.82, 2.24) is 0 Å². The third-order valence-corrected chi connectivity index (χ3v) is 1.93. The molecule has 2 nitrogen and oxygen atoms in total. The predicted octanol–water partition coefficient (Wildman–Crippen LogP) is 1.47. The summed E-state index contributed by atoms with van der Waals surface area (Å²) in [6.45, 7) is 7.64. The Balaban J connectivity index is -0.000000180. The van der Waals surface area contributed by atoms with Gasteiger partial charge < -0.3 is 10.2 Å². The van der Waals surface area contributed by atoms with E-state index < -0.39 is 0 Å². The standard InChI is InChI=1S/2C6H13O.Ca/c2*1-3-4-5-6(2)7;/h2*6H,3-5H2,1-2H3;/q2*-1;+2. The van der Waals surface area contributed by atoms with Crippen LogP contribution in [0.15, 0.2) is 0 Å². The summed E-state index contributed by atoms with van der Waals surface area (Å²) in [6.07, 6.45) is 5.46. The molecule has 0 aromatic rings. The molecular weight excluding hydrogens is 216 g/mol. The number of hydrogen-bond donors (Lipinski definition) is 0. The Kier molecular flexibility index (Phi) is 25.1. The van der Waals surface area contributed by atoms with E-state index >= 15 is 0 Å². The van der Waals surface area contributed by atoms with Gasteiger partial charge in [-0.3, -0.25) is 0 Å². The third-order valence-electron chi connectivity index (χ3n) is 1.93. The molecule has 0 bridgehead atoms. The molecular formula is C12H26CaO2. The van der Waals surface area contributed by atoms with Crippen molar-refractivity contribution >= 4 is 37.7 Å². The second-order valence-electron chi connectivity index (χ2n) is 3.91. The monoisotopic (exact) mass is 242 g/mol. The summed E-state index contributed by atoms with van der Waals surface area (Å²) in [5.74, 6) is 0. The molecule has 0 amide bonds. The average Bonchev–Trinajstić information content (AvgIpc) is 2.12. The van der Waals surface area contributed by atoms with Crippen molar-refractivity contribution < 1.29 is 10.2 Å². The smallest absolute Gasteiger partial charge is 0.852 e. The van der Waals surface area contributed by atoms with Gasteiger partial charge in [0, 0.05) is 0 Å². The molecule has 0 aliphatic carbocycles. The van der Waals surface area contributed by atoms with Gasteiger partial charge in [-0.05, 0) is 0 Å². The van der Waals surface area contributed by atoms with E-state index in [1.54, 1.807) is 13.8 Å². The summed E-state index contributed by atoms with van der Waals surface area (Å²) in [5, 5.41) is 20.6. The molecule has 0 N–H and O–H groups in total. The van der Waals surface area contributed by atoms with Gasteiger partial charge in [0.25, 0.3) is 0 Å². The zero-order valence-corrected chi connectivity index (χ0v) is 13.1. The van der Waals surface area contributed by atoms with E-state index in [1.807, 2.05) is 0 Å². The van der Waals surface area contributed by atoms with Crippen LogP contribution in [0.5, 0.6) is 0 Å². The summed E-state index contributed by atoms with van der Waals surface area (Å²) < 4.78 is 0. The van der Waals surface area contributed by atoms with Crippen molar-refractivity contribution in [2.75, 3.05) is 0 Å². The van der Waals surface area contributed by atoms with Crippen LogP contribution in [0, 0.1) is 0 Å². The Morgan fingerprint density at radius 1 is 0.800 bits per heavy atom. The maximum atomic E-state index is 10.3. The van der Waals surface area contributed by atoms with Gasteiger partial charge in [-0.2, -0.15) is 0 Å². The first-order valence-electron chi connectivity index (χ1n) is 5.86. The molecule has 0 aromatic heterocycles. The maximum absolute atomic E-state index is 10.3. The molecule has 2 unspecified atom stereocenters. The third kappa shape index (κ3) is 31.3. The molecule has 3 heteroatoms. The molecule has 0 saturated heterocycles. The second kappa shape index (κ2) is 17.6. The summed E-state index contributed by atoms with van der Waals surface area (Å²) in [4.78, 5) is 0. The van der Waals surface area contributed by atoms with Crippen molar-refractivity contribution in [3.63, 3.8) is 0 Å². The zero-order valence-electron chi connectivity index (χ0n) is 10.9. The molecule has 0 radical (unpaired) electrons. The Morgan fingerprint density at radius 2 is 1.07 bits per heavy atom. The molecule has 0 saturated carbocycles. The van der Waals surface area contributed by atoms with Crippen LogP contribution in [0.3, 0.4) is 0 Å². The Morgan fingerprint density at radius 3 is 1.13 bits per heavy atom. The first kappa shape index (κ1) is 21.5. The van der Waals surface area contributed by atoms with Crippen molar-refractivity contribution in [2.24, 2.45) is 0 Å². The van der Waals surface area contributed by atoms with Crippen LogP contribution >= 0.6 is 0 Å². The van der Waals surface area contributed by atoms with Crippen molar-refractivity contribution in [3.05, 3.63) is 0 Å². The summed E-state index contributed by atoms with van der Waals surface area (Å²) in [7, 11) is 0. The van der Waals surface area contributed by atoms with Crippen LogP contribution in [0.4, 0.5) is 0 Å². The average molecular weight is 242 g/mol. The van der Waals surface area contributed by atoms with E-state index in [4.69, 9.17) is 0 Å². The van der Waals surface area contributed by atoms with Crippen LogP contribution < -0.4 is 10.2 Å². The van der Waals surface area contributed by atoms with E-state index in [9.17, 15) is 10.2 Å². The molecule has 15 heavy (non-hydrogen) atoms. The molecule has 0 heterocycles. The van der Waals surface area contributed by atoms with Crippen LogP contribution in [0.1, 0.15) is 66.2 Å². The van der Waals surface area contributed by atoms with Gasteiger partial charge in [0.05, 0.1) is 0 Å². The Bertz CT molecular complexity index is 83.6. The van der Waals surface area contributed by atoms with E-state index in [-0.39, 0.29) is 49.9 Å². The fourth-order valence-corrected chi connectivity index (χ4v) is 0.983. The largest absolute Gasteiger partial charge is 2.00 e. The van der Waals surface area contributed by atoms with Crippen molar-refractivity contribution in [3.8, 4) is 0 Å². The van der Waals surface area contributed by atoms with Gasteiger partial charge in [0.1, 0.15) is 0 Å². The van der Waals surface area contributed by atoms with Gasteiger partial charge in [-0.15, -0.1) is 12.2 Å². The van der Waals surface area contributed by atoms with Gasteiger partial charge in [-0.25, -0.2) is 0 Å². The van der Waals surface area contributed by atoms with E-state index in [2.05, 4.69) is 13.8 Å². The molecule has 0 aromatic carbocycles. The fourth-order valence-electron chi connectivity index (χ4n) is 0.983. The normalized spacial score (nSPS) is 13.2. The number of unbranched alkanes of at least 4 members (excludes halogenated alkanes) is 2. The molecule has 0 aliphatic heterocycles. The molecule has 2 atom stereocenters. The van der Waals surface area contributed by atoms with Crippen molar-refractivity contribution in [1.29, 1.82) is 0 Å². The molecule has 0 spiro atoms. The minimum Gasteiger partial charge on any atom is -0.852 e. The van der Waals surface area contributed by atoms with E-state index in [1.165, 1.54) is 0 Å². The first-order valence-corrected chi connectivity index (χ1v) is 5.86. The van der Waals surface area contributed by atoms with Crippen LogP contribution in [0.25, 0.3) is 0 Å². The molecule has 0 fully saturated rings. The Labute approximate surface area is 125 Å². The molecule has 88 valence electrons. The summed E-state index contributed by atoms with van der Waals surface area (Å²) in [5.41, 5.74) is 0. The van der Waals surface area contributed by atoms with Gasteiger partial charge in [-0.1, -0.05) is 66.2 Å². The fraction of sp³-hybridized carbons (Fsp3) is 1.00.